The van der Waals surface area contributed by atoms with Gasteiger partial charge >= 0.3 is 0 Å². The maximum atomic E-state index is 13.0. The van der Waals surface area contributed by atoms with Gasteiger partial charge in [0.2, 0.25) is 0 Å². The first kappa shape index (κ1) is 19.0. The molecule has 0 aliphatic carbocycles. The van der Waals surface area contributed by atoms with Crippen LogP contribution in [-0.2, 0) is 0 Å². The van der Waals surface area contributed by atoms with E-state index in [9.17, 15) is 4.79 Å². The van der Waals surface area contributed by atoms with E-state index < -0.39 is 0 Å². The van der Waals surface area contributed by atoms with E-state index in [2.05, 4.69) is 37.3 Å². The van der Waals surface area contributed by atoms with Crippen LogP contribution in [0.1, 0.15) is 35.0 Å². The summed E-state index contributed by atoms with van der Waals surface area (Å²) in [4.78, 5) is 15.8. The Kier molecular flexibility index (Phi) is 6.44. The summed E-state index contributed by atoms with van der Waals surface area (Å²) in [5, 5.41) is 2.01. The Balaban J connectivity index is 0.00000208. The number of amides is 1. The van der Waals surface area contributed by atoms with Gasteiger partial charge in [-0.1, -0.05) is 29.8 Å². The molecule has 0 radical (unpaired) electrons. The summed E-state index contributed by atoms with van der Waals surface area (Å²) in [5.41, 5.74) is 9.43. The average molecular weight is 365 g/mol. The number of carbonyl (C=O) groups excluding carboxylic acids is 1. The third-order valence-electron chi connectivity index (χ3n) is 4.71. The summed E-state index contributed by atoms with van der Waals surface area (Å²) in [6, 6.07) is 10.6. The van der Waals surface area contributed by atoms with Crippen LogP contribution in [0.3, 0.4) is 0 Å². The minimum atomic E-state index is 0. The fourth-order valence-electron chi connectivity index (χ4n) is 3.20. The molecule has 2 atom stereocenters. The van der Waals surface area contributed by atoms with E-state index in [-0.39, 0.29) is 24.4 Å². The summed E-state index contributed by atoms with van der Waals surface area (Å²) in [5.74, 6) is 0.566. The number of rotatable bonds is 3. The quantitative estimate of drug-likeness (QED) is 0.880. The molecule has 2 N–H and O–H groups in total. The Morgan fingerprint density at radius 1 is 1.29 bits per heavy atom. The van der Waals surface area contributed by atoms with Crippen molar-refractivity contribution in [3.8, 4) is 11.1 Å². The Morgan fingerprint density at radius 2 is 2.00 bits per heavy atom. The highest BCUT2D eigenvalue weighted by molar-refractivity contribution is 7.12. The molecular weight excluding hydrogens is 340 g/mol. The molecule has 1 fully saturated rings. The van der Waals surface area contributed by atoms with Gasteiger partial charge in [0.25, 0.3) is 5.91 Å². The van der Waals surface area contributed by atoms with Crippen molar-refractivity contribution in [1.29, 1.82) is 0 Å². The molecule has 1 aromatic heterocycles. The van der Waals surface area contributed by atoms with Crippen molar-refractivity contribution in [3.63, 3.8) is 0 Å². The molecule has 2 unspecified atom stereocenters. The minimum absolute atomic E-state index is 0. The molecule has 5 heteroatoms. The van der Waals surface area contributed by atoms with Crippen molar-refractivity contribution in [2.24, 2.45) is 11.7 Å². The summed E-state index contributed by atoms with van der Waals surface area (Å²) < 4.78 is 0. The maximum Gasteiger partial charge on any atom is 0.264 e. The van der Waals surface area contributed by atoms with Gasteiger partial charge < -0.3 is 10.6 Å². The highest BCUT2D eigenvalue weighted by Crippen LogP contribution is 2.31. The molecule has 1 saturated heterocycles. The zero-order valence-corrected chi connectivity index (χ0v) is 15.8. The van der Waals surface area contributed by atoms with Gasteiger partial charge in [-0.3, -0.25) is 4.79 Å². The molecule has 3 nitrogen and oxygen atoms in total. The van der Waals surface area contributed by atoms with E-state index in [4.69, 9.17) is 5.73 Å². The molecule has 130 valence electrons. The predicted molar refractivity (Wildman–Crippen MR) is 104 cm³/mol. The van der Waals surface area contributed by atoms with E-state index in [1.54, 1.807) is 0 Å². The van der Waals surface area contributed by atoms with Crippen molar-refractivity contribution in [2.45, 2.75) is 32.7 Å². The molecule has 24 heavy (non-hydrogen) atoms. The number of carbonyl (C=O) groups is 1. The Labute approximate surface area is 154 Å². The van der Waals surface area contributed by atoms with Crippen LogP contribution in [0.2, 0.25) is 0 Å². The Hall–Kier alpha value is -1.36. The smallest absolute Gasteiger partial charge is 0.264 e. The molecule has 0 saturated carbocycles. The van der Waals surface area contributed by atoms with Gasteiger partial charge in [-0.25, -0.2) is 0 Å². The van der Waals surface area contributed by atoms with E-state index in [1.165, 1.54) is 16.9 Å². The zero-order valence-electron chi connectivity index (χ0n) is 14.2. The highest BCUT2D eigenvalue weighted by atomic mass is 35.5. The second-order valence-electron chi connectivity index (χ2n) is 6.54. The molecule has 2 heterocycles. The second-order valence-corrected chi connectivity index (χ2v) is 7.46. The van der Waals surface area contributed by atoms with Gasteiger partial charge in [0.1, 0.15) is 0 Å². The van der Waals surface area contributed by atoms with E-state index >= 15 is 0 Å². The molecule has 1 amide bonds. The molecule has 2 aromatic rings. The monoisotopic (exact) mass is 364 g/mol. The Bertz CT molecular complexity index is 681. The number of nitrogens with zero attached hydrogens (tertiary/aromatic N) is 1. The van der Waals surface area contributed by atoms with Crippen molar-refractivity contribution < 1.29 is 4.79 Å². The lowest BCUT2D eigenvalue weighted by Crippen LogP contribution is -2.44. The lowest BCUT2D eigenvalue weighted by Gasteiger charge is -2.34. The lowest BCUT2D eigenvalue weighted by atomic mass is 9.92. The molecule has 1 aliphatic rings. The maximum absolute atomic E-state index is 13.0. The largest absolute Gasteiger partial charge is 0.338 e. The van der Waals surface area contributed by atoms with Crippen LogP contribution in [0.25, 0.3) is 11.1 Å². The van der Waals surface area contributed by atoms with Gasteiger partial charge in [-0.2, -0.15) is 0 Å². The van der Waals surface area contributed by atoms with Gasteiger partial charge in [0, 0.05) is 24.7 Å². The van der Waals surface area contributed by atoms with Crippen LogP contribution >= 0.6 is 23.7 Å². The van der Waals surface area contributed by atoms with Crippen LogP contribution in [0.5, 0.6) is 0 Å². The third-order valence-corrected chi connectivity index (χ3v) is 5.61. The summed E-state index contributed by atoms with van der Waals surface area (Å²) in [7, 11) is 0. The van der Waals surface area contributed by atoms with E-state index in [1.807, 2.05) is 17.2 Å². The highest BCUT2D eigenvalue weighted by Gasteiger charge is 2.28. The van der Waals surface area contributed by atoms with E-state index in [0.29, 0.717) is 5.92 Å². The fourth-order valence-corrected chi connectivity index (χ4v) is 4.09. The fraction of sp³-hybridized carbons (Fsp3) is 0.421. The van der Waals surface area contributed by atoms with Crippen LogP contribution in [0.4, 0.5) is 0 Å². The number of piperidine rings is 1. The van der Waals surface area contributed by atoms with Crippen molar-refractivity contribution in [2.75, 3.05) is 13.1 Å². The topological polar surface area (TPSA) is 46.3 Å². The van der Waals surface area contributed by atoms with Crippen molar-refractivity contribution >= 4 is 29.7 Å². The normalized spacial score (nSPS) is 18.8. The van der Waals surface area contributed by atoms with Gasteiger partial charge in [0.15, 0.2) is 0 Å². The van der Waals surface area contributed by atoms with Gasteiger partial charge in [-0.05, 0) is 49.6 Å². The molecule has 3 rings (SSSR count). The number of aryl methyl sites for hydroxylation is 1. The van der Waals surface area contributed by atoms with Crippen LogP contribution in [-0.4, -0.2) is 29.9 Å². The van der Waals surface area contributed by atoms with Crippen LogP contribution in [0, 0.1) is 12.8 Å². The number of hydrogen-bond donors (Lipinski definition) is 1. The van der Waals surface area contributed by atoms with E-state index in [0.717, 1.165) is 41.9 Å². The number of thiophene rings is 1. The first-order chi connectivity index (χ1) is 11.1. The molecule has 1 aliphatic heterocycles. The molecule has 0 spiro atoms. The van der Waals surface area contributed by atoms with Crippen molar-refractivity contribution in [1.82, 2.24) is 4.90 Å². The molecule has 0 bridgehead atoms. The first-order valence-corrected chi connectivity index (χ1v) is 9.13. The van der Waals surface area contributed by atoms with Gasteiger partial charge in [0.05, 0.1) is 4.88 Å². The van der Waals surface area contributed by atoms with Crippen LogP contribution < -0.4 is 5.73 Å². The average Bonchev–Trinajstić information content (AvgIpc) is 3.04. The lowest BCUT2D eigenvalue weighted by molar-refractivity contribution is 0.0666. The SMILES string of the molecule is Cc1ccc(-c2ccsc2C(=O)N2CCCC(C(C)N)C2)cc1.Cl. The summed E-state index contributed by atoms with van der Waals surface area (Å²) in [6.45, 7) is 5.74. The summed E-state index contributed by atoms with van der Waals surface area (Å²) >= 11 is 1.54. The standard InChI is InChI=1S/C19H24N2OS.ClH/c1-13-5-7-15(8-6-13)17-9-11-23-18(17)19(22)21-10-3-4-16(12-21)14(2)20;/h5-9,11,14,16H,3-4,10,12,20H2,1-2H3;1H. The number of likely N-dealkylation sites (tertiary alicyclic amines) is 1. The number of halogens is 1. The second kappa shape index (κ2) is 8.15. The number of nitrogens with two attached hydrogens (primary N) is 1. The summed E-state index contributed by atoms with van der Waals surface area (Å²) in [6.07, 6.45) is 2.17. The first-order valence-electron chi connectivity index (χ1n) is 8.25. The van der Waals surface area contributed by atoms with Gasteiger partial charge in [-0.15, -0.1) is 23.7 Å². The minimum Gasteiger partial charge on any atom is -0.338 e. The zero-order chi connectivity index (χ0) is 16.4. The molecular formula is C19H25ClN2OS. The molecule has 1 aromatic carbocycles. The Morgan fingerprint density at radius 3 is 2.67 bits per heavy atom. The third kappa shape index (κ3) is 4.00. The van der Waals surface area contributed by atoms with Crippen LogP contribution in [0.15, 0.2) is 35.7 Å². The number of benzene rings is 1. The van der Waals surface area contributed by atoms with Crippen molar-refractivity contribution in [3.05, 3.63) is 46.2 Å². The number of hydrogen-bond acceptors (Lipinski definition) is 3. The predicted octanol–water partition coefficient (Wildman–Crippen LogP) is 4.34.